The molecule has 18 heavy (non-hydrogen) atoms. The van der Waals surface area contributed by atoms with Crippen LogP contribution in [0.4, 0.5) is 0 Å². The zero-order valence-electron chi connectivity index (χ0n) is 10.0. The maximum absolute atomic E-state index is 11.8. The van der Waals surface area contributed by atoms with Crippen LogP contribution in [0, 0.1) is 13.8 Å². The number of hydrogen-bond donors (Lipinski definition) is 0. The quantitative estimate of drug-likeness (QED) is 0.686. The molecule has 0 fully saturated rings. The second-order valence-corrected chi connectivity index (χ2v) is 4.08. The van der Waals surface area contributed by atoms with Crippen LogP contribution in [0.1, 0.15) is 17.0 Å². The average Bonchev–Trinajstić information content (AvgIpc) is 2.84. The van der Waals surface area contributed by atoms with Gasteiger partial charge >= 0.3 is 5.76 Å². The van der Waals surface area contributed by atoms with E-state index in [1.54, 1.807) is 18.3 Å². The summed E-state index contributed by atoms with van der Waals surface area (Å²) in [5, 5.41) is 3.87. The van der Waals surface area contributed by atoms with Gasteiger partial charge in [-0.2, -0.15) is 0 Å². The molecular formula is C12H11N3O3. The highest BCUT2D eigenvalue weighted by molar-refractivity contribution is 5.67. The zero-order chi connectivity index (χ0) is 12.7. The Morgan fingerprint density at radius 1 is 1.39 bits per heavy atom. The molecular weight excluding hydrogens is 234 g/mol. The van der Waals surface area contributed by atoms with Crippen molar-refractivity contribution in [1.29, 1.82) is 0 Å². The third-order valence-corrected chi connectivity index (χ3v) is 2.92. The van der Waals surface area contributed by atoms with Gasteiger partial charge in [0.25, 0.3) is 0 Å². The van der Waals surface area contributed by atoms with Crippen molar-refractivity contribution in [1.82, 2.24) is 14.7 Å². The van der Waals surface area contributed by atoms with E-state index in [-0.39, 0.29) is 0 Å². The number of pyridine rings is 1. The molecule has 0 aliphatic heterocycles. The Hall–Kier alpha value is -2.37. The molecule has 0 saturated heterocycles. The Balaban J connectivity index is 2.16. The summed E-state index contributed by atoms with van der Waals surface area (Å²) in [5.74, 6) is 0.272. The van der Waals surface area contributed by atoms with Crippen molar-refractivity contribution in [2.45, 2.75) is 20.4 Å². The molecule has 0 atom stereocenters. The van der Waals surface area contributed by atoms with E-state index < -0.39 is 5.76 Å². The number of nitrogens with zero attached hydrogens (tertiary/aromatic N) is 3. The highest BCUT2D eigenvalue weighted by Gasteiger charge is 2.15. The summed E-state index contributed by atoms with van der Waals surface area (Å²) in [4.78, 5) is 16.0. The molecule has 0 N–H and O–H groups in total. The first-order valence-electron chi connectivity index (χ1n) is 5.53. The first-order valence-corrected chi connectivity index (χ1v) is 5.53. The molecule has 0 saturated carbocycles. The van der Waals surface area contributed by atoms with Crippen LogP contribution >= 0.6 is 0 Å². The van der Waals surface area contributed by atoms with Gasteiger partial charge in [0.05, 0.1) is 12.2 Å². The maximum Gasteiger partial charge on any atom is 0.421 e. The summed E-state index contributed by atoms with van der Waals surface area (Å²) in [5.41, 5.74) is 2.66. The molecule has 3 heterocycles. The van der Waals surface area contributed by atoms with Crippen molar-refractivity contribution in [3.8, 4) is 0 Å². The number of oxazole rings is 1. The first-order chi connectivity index (χ1) is 8.66. The molecule has 0 radical (unpaired) electrons. The molecule has 0 amide bonds. The lowest BCUT2D eigenvalue weighted by Gasteiger charge is -2.00. The molecule has 0 aromatic carbocycles. The van der Waals surface area contributed by atoms with E-state index in [1.165, 1.54) is 4.57 Å². The van der Waals surface area contributed by atoms with Crippen LogP contribution in [-0.2, 0) is 6.54 Å². The van der Waals surface area contributed by atoms with Crippen LogP contribution in [-0.4, -0.2) is 14.7 Å². The minimum Gasteiger partial charge on any atom is -0.406 e. The van der Waals surface area contributed by atoms with Crippen molar-refractivity contribution in [2.75, 3.05) is 0 Å². The van der Waals surface area contributed by atoms with Gasteiger partial charge in [-0.25, -0.2) is 9.78 Å². The van der Waals surface area contributed by atoms with Crippen molar-refractivity contribution in [2.24, 2.45) is 0 Å². The Morgan fingerprint density at radius 2 is 2.22 bits per heavy atom. The summed E-state index contributed by atoms with van der Waals surface area (Å²) in [6, 6.07) is 3.44. The van der Waals surface area contributed by atoms with Gasteiger partial charge < -0.3 is 8.94 Å². The fourth-order valence-corrected chi connectivity index (χ4v) is 1.93. The van der Waals surface area contributed by atoms with Crippen molar-refractivity contribution >= 4 is 11.2 Å². The van der Waals surface area contributed by atoms with Crippen LogP contribution in [0.3, 0.4) is 0 Å². The fourth-order valence-electron chi connectivity index (χ4n) is 1.93. The van der Waals surface area contributed by atoms with Crippen LogP contribution in [0.5, 0.6) is 0 Å². The van der Waals surface area contributed by atoms with Gasteiger partial charge in [-0.1, -0.05) is 5.16 Å². The largest absolute Gasteiger partial charge is 0.421 e. The predicted molar refractivity (Wildman–Crippen MR) is 63.3 cm³/mol. The summed E-state index contributed by atoms with van der Waals surface area (Å²) in [6.45, 7) is 4.01. The maximum atomic E-state index is 11.8. The van der Waals surface area contributed by atoms with Crippen LogP contribution in [0.15, 0.2) is 32.1 Å². The standard InChI is InChI=1S/C12H11N3O3/c1-7-9(8(2)18-14-7)6-15-11-10(17-12(15)16)4-3-5-13-11/h3-5H,6H2,1-2H3. The van der Waals surface area contributed by atoms with E-state index in [0.29, 0.717) is 23.5 Å². The van der Waals surface area contributed by atoms with E-state index in [2.05, 4.69) is 10.1 Å². The SMILES string of the molecule is Cc1noc(C)c1Cn1c(=O)oc2cccnc21. The van der Waals surface area contributed by atoms with E-state index in [1.807, 2.05) is 13.8 Å². The second-order valence-electron chi connectivity index (χ2n) is 4.08. The summed E-state index contributed by atoms with van der Waals surface area (Å²) in [7, 11) is 0. The molecule has 0 aliphatic rings. The van der Waals surface area contributed by atoms with Gasteiger partial charge in [0.15, 0.2) is 11.2 Å². The van der Waals surface area contributed by atoms with E-state index in [4.69, 9.17) is 8.94 Å². The van der Waals surface area contributed by atoms with E-state index in [9.17, 15) is 4.79 Å². The first kappa shape index (κ1) is 10.8. The molecule has 6 nitrogen and oxygen atoms in total. The van der Waals surface area contributed by atoms with E-state index in [0.717, 1.165) is 11.3 Å². The molecule has 0 spiro atoms. The molecule has 3 rings (SSSR count). The number of aryl methyl sites for hydroxylation is 2. The van der Waals surface area contributed by atoms with Gasteiger partial charge in [0.2, 0.25) is 0 Å². The predicted octanol–water partition coefficient (Wildman–Crippen LogP) is 1.64. The zero-order valence-corrected chi connectivity index (χ0v) is 10.0. The number of aromatic nitrogens is 3. The lowest BCUT2D eigenvalue weighted by molar-refractivity contribution is 0.391. The molecule has 0 unspecified atom stereocenters. The van der Waals surface area contributed by atoms with Crippen molar-refractivity contribution < 1.29 is 8.94 Å². The van der Waals surface area contributed by atoms with Crippen LogP contribution < -0.4 is 5.76 Å². The fraction of sp³-hybridized carbons (Fsp3) is 0.250. The minimum atomic E-state index is -0.427. The molecule has 0 bridgehead atoms. The normalized spacial score (nSPS) is 11.2. The average molecular weight is 245 g/mol. The van der Waals surface area contributed by atoms with Crippen molar-refractivity contribution in [3.63, 3.8) is 0 Å². The lowest BCUT2D eigenvalue weighted by Crippen LogP contribution is -2.16. The second kappa shape index (κ2) is 3.83. The number of hydrogen-bond acceptors (Lipinski definition) is 5. The van der Waals surface area contributed by atoms with Gasteiger partial charge in [0.1, 0.15) is 5.76 Å². The highest BCUT2D eigenvalue weighted by Crippen LogP contribution is 2.16. The van der Waals surface area contributed by atoms with Crippen molar-refractivity contribution in [3.05, 3.63) is 45.9 Å². The smallest absolute Gasteiger partial charge is 0.406 e. The van der Waals surface area contributed by atoms with Gasteiger partial charge in [0, 0.05) is 11.8 Å². The third kappa shape index (κ3) is 1.54. The lowest BCUT2D eigenvalue weighted by atomic mass is 10.2. The molecule has 0 aliphatic carbocycles. The van der Waals surface area contributed by atoms with Gasteiger partial charge in [-0.3, -0.25) is 4.57 Å². The Kier molecular flexibility index (Phi) is 2.29. The number of rotatable bonds is 2. The van der Waals surface area contributed by atoms with Crippen LogP contribution in [0.25, 0.3) is 11.2 Å². The monoisotopic (exact) mass is 245 g/mol. The van der Waals surface area contributed by atoms with E-state index >= 15 is 0 Å². The summed E-state index contributed by atoms with van der Waals surface area (Å²) >= 11 is 0. The van der Waals surface area contributed by atoms with Gasteiger partial charge in [-0.05, 0) is 26.0 Å². The highest BCUT2D eigenvalue weighted by atomic mass is 16.5. The summed E-state index contributed by atoms with van der Waals surface area (Å²) in [6.07, 6.45) is 1.63. The Morgan fingerprint density at radius 3 is 2.94 bits per heavy atom. The molecule has 3 aromatic rings. The number of fused-ring (bicyclic) bond motifs is 1. The Labute approximate surface area is 102 Å². The molecule has 6 heteroatoms. The summed E-state index contributed by atoms with van der Waals surface area (Å²) < 4.78 is 11.7. The minimum absolute atomic E-state index is 0.351. The van der Waals surface area contributed by atoms with Gasteiger partial charge in [-0.15, -0.1) is 0 Å². The van der Waals surface area contributed by atoms with Crippen LogP contribution in [0.2, 0.25) is 0 Å². The third-order valence-electron chi connectivity index (χ3n) is 2.92. The Bertz CT molecular complexity index is 747. The molecule has 92 valence electrons. The topological polar surface area (TPSA) is 74.1 Å². The molecule has 3 aromatic heterocycles.